The van der Waals surface area contributed by atoms with E-state index in [1.807, 2.05) is 0 Å². The molecule has 3 rings (SSSR count). The molecule has 1 aliphatic carbocycles. The van der Waals surface area contributed by atoms with Crippen molar-refractivity contribution in [3.63, 3.8) is 0 Å². The van der Waals surface area contributed by atoms with Crippen LogP contribution in [-0.2, 0) is 37.1 Å². The molecule has 0 saturated heterocycles. The first kappa shape index (κ1) is 23.6. The van der Waals surface area contributed by atoms with Crippen LogP contribution in [0.3, 0.4) is 0 Å². The topological polar surface area (TPSA) is 0 Å². The minimum Gasteiger partial charge on any atom is -1.00 e. The van der Waals surface area contributed by atoms with E-state index in [2.05, 4.69) is 76.3 Å². The maximum Gasteiger partial charge on any atom is -1.00 e. The van der Waals surface area contributed by atoms with Crippen molar-refractivity contribution >= 4 is 14.0 Å². The molecule has 24 heavy (non-hydrogen) atoms. The van der Waals surface area contributed by atoms with E-state index in [0.29, 0.717) is 5.92 Å². The Hall–Kier alpha value is -0.357. The third-order valence-corrected chi connectivity index (χ3v) is 3.99. The van der Waals surface area contributed by atoms with Gasteiger partial charge in [-0.2, -0.15) is 0 Å². The smallest absolute Gasteiger partial charge is 1.00 e. The van der Waals surface area contributed by atoms with Crippen molar-refractivity contribution in [2.24, 2.45) is 0 Å². The fourth-order valence-corrected chi connectivity index (χ4v) is 3.12. The molecule has 128 valence electrons. The van der Waals surface area contributed by atoms with Gasteiger partial charge in [-0.3, -0.25) is 0 Å². The zero-order chi connectivity index (χ0) is 16.1. The molecular weight excluding hydrogens is 414 g/mol. The van der Waals surface area contributed by atoms with Crippen LogP contribution in [0.1, 0.15) is 50.3 Å². The number of allylic oxidation sites excluding steroid dienone is 4. The summed E-state index contributed by atoms with van der Waals surface area (Å²) in [7, 11) is 0. The number of hydrogen-bond acceptors (Lipinski definition) is 0. The molecule has 0 aliphatic heterocycles. The van der Waals surface area contributed by atoms with Crippen LogP contribution < -0.4 is 24.8 Å². The van der Waals surface area contributed by atoms with Gasteiger partial charge < -0.3 is 24.8 Å². The SMILES string of the molecule is CCc1cccc2[cH-]c(C3C=CC=C3)c(CC)c12.C[C](C)=[Zr+2].[Cl-].[Cl-]. The normalized spacial score (nSPS) is 12.4. The first-order chi connectivity index (χ1) is 10.6. The molecule has 0 spiro atoms. The van der Waals surface area contributed by atoms with Crippen molar-refractivity contribution in [2.45, 2.75) is 46.5 Å². The maximum absolute atomic E-state index is 2.39. The summed E-state index contributed by atoms with van der Waals surface area (Å²) in [4.78, 5) is 0. The van der Waals surface area contributed by atoms with E-state index in [0.717, 1.165) is 12.8 Å². The van der Waals surface area contributed by atoms with Crippen molar-refractivity contribution in [1.29, 1.82) is 0 Å². The van der Waals surface area contributed by atoms with Gasteiger partial charge in [0.25, 0.3) is 0 Å². The number of rotatable bonds is 3. The Kier molecular flexibility index (Phi) is 11.1. The molecule has 0 heterocycles. The average molecular weight is 440 g/mol. The Morgan fingerprint density at radius 1 is 1.04 bits per heavy atom. The Balaban J connectivity index is 0.000000801. The van der Waals surface area contributed by atoms with E-state index in [-0.39, 0.29) is 24.8 Å². The summed E-state index contributed by atoms with van der Waals surface area (Å²) in [6, 6.07) is 9.09. The predicted octanol–water partition coefficient (Wildman–Crippen LogP) is -0.353. The molecule has 2 aromatic rings. The second kappa shape index (κ2) is 11.3. The summed E-state index contributed by atoms with van der Waals surface area (Å²) in [6.07, 6.45) is 11.1. The standard InChI is InChI=1S/C18H19.C3H6.2ClH.Zr/c1-3-13-10-7-11-15-12-17(14-8-5-6-9-14)16(4-2)18(13)15;1-3-2;;;/h5-12,14H,3-4H2,1-2H3;1-2H3;2*1H;/q-1;;;;+2/p-2. The number of fused-ring (bicyclic) bond motifs is 1. The molecule has 0 atom stereocenters. The van der Waals surface area contributed by atoms with Gasteiger partial charge in [0.1, 0.15) is 0 Å². The third-order valence-electron chi connectivity index (χ3n) is 3.99. The van der Waals surface area contributed by atoms with Crippen LogP contribution >= 0.6 is 0 Å². The molecule has 0 saturated carbocycles. The van der Waals surface area contributed by atoms with Gasteiger partial charge in [0.2, 0.25) is 0 Å². The van der Waals surface area contributed by atoms with Gasteiger partial charge in [-0.05, 0) is 6.42 Å². The molecule has 3 heteroatoms. The molecule has 0 aromatic heterocycles. The summed E-state index contributed by atoms with van der Waals surface area (Å²) < 4.78 is 1.51. The zero-order valence-electron chi connectivity index (χ0n) is 14.9. The van der Waals surface area contributed by atoms with Crippen LogP contribution in [-0.4, -0.2) is 3.21 Å². The van der Waals surface area contributed by atoms with E-state index in [4.69, 9.17) is 0 Å². The van der Waals surface area contributed by atoms with Crippen LogP contribution in [0.15, 0.2) is 48.6 Å². The van der Waals surface area contributed by atoms with E-state index in [9.17, 15) is 0 Å². The Labute approximate surface area is 173 Å². The largest absolute Gasteiger partial charge is 1.00 e. The minimum atomic E-state index is 0. The number of benzene rings is 1. The molecule has 2 aromatic carbocycles. The van der Waals surface area contributed by atoms with Crippen LogP contribution in [0.5, 0.6) is 0 Å². The van der Waals surface area contributed by atoms with E-state index in [1.165, 1.54) is 25.1 Å². The van der Waals surface area contributed by atoms with Crippen molar-refractivity contribution in [3.8, 4) is 0 Å². The van der Waals surface area contributed by atoms with Crippen LogP contribution in [0.4, 0.5) is 0 Å². The van der Waals surface area contributed by atoms with Crippen molar-refractivity contribution < 1.29 is 49.0 Å². The number of halogens is 2. The fourth-order valence-electron chi connectivity index (χ4n) is 3.12. The Morgan fingerprint density at radius 2 is 1.62 bits per heavy atom. The van der Waals surface area contributed by atoms with Crippen LogP contribution in [0, 0.1) is 0 Å². The Morgan fingerprint density at radius 3 is 2.12 bits per heavy atom. The molecule has 0 unspecified atom stereocenters. The second-order valence-electron chi connectivity index (χ2n) is 5.96. The fraction of sp³-hybridized carbons (Fsp3) is 0.333. The van der Waals surface area contributed by atoms with Crippen LogP contribution in [0.25, 0.3) is 10.8 Å². The number of aryl methyl sites for hydroxylation is 2. The second-order valence-corrected chi connectivity index (χ2v) is 8.42. The van der Waals surface area contributed by atoms with Gasteiger partial charge in [-0.15, -0.1) is 40.1 Å². The Bertz CT molecular complexity index is 707. The summed E-state index contributed by atoms with van der Waals surface area (Å²) in [5.41, 5.74) is 4.53. The molecule has 0 fully saturated rings. The van der Waals surface area contributed by atoms with Gasteiger partial charge in [-0.1, -0.05) is 56.2 Å². The summed E-state index contributed by atoms with van der Waals surface area (Å²) in [5.74, 6) is 0.483. The third kappa shape index (κ3) is 5.58. The molecule has 0 bridgehead atoms. The first-order valence-corrected chi connectivity index (χ1v) is 9.38. The van der Waals surface area contributed by atoms with Gasteiger partial charge in [0, 0.05) is 5.92 Å². The van der Waals surface area contributed by atoms with E-state index >= 15 is 0 Å². The molecule has 1 aliphatic rings. The first-order valence-electron chi connectivity index (χ1n) is 8.15. The van der Waals surface area contributed by atoms with Crippen molar-refractivity contribution in [1.82, 2.24) is 0 Å². The summed E-state index contributed by atoms with van der Waals surface area (Å²) in [6.45, 7) is 8.76. The van der Waals surface area contributed by atoms with Crippen molar-refractivity contribution in [3.05, 3.63) is 65.3 Å². The van der Waals surface area contributed by atoms with E-state index in [1.54, 1.807) is 29.8 Å². The minimum absolute atomic E-state index is 0. The van der Waals surface area contributed by atoms with Gasteiger partial charge in [-0.25, -0.2) is 0 Å². The van der Waals surface area contributed by atoms with Gasteiger partial charge in [0.15, 0.2) is 0 Å². The monoisotopic (exact) mass is 437 g/mol. The van der Waals surface area contributed by atoms with Crippen LogP contribution in [0.2, 0.25) is 0 Å². The number of hydrogen-bond donors (Lipinski definition) is 0. The van der Waals surface area contributed by atoms with Crippen molar-refractivity contribution in [2.75, 3.05) is 0 Å². The molecular formula is C21H25Cl2Zr-. The average Bonchev–Trinajstić information content (AvgIpc) is 3.12. The summed E-state index contributed by atoms with van der Waals surface area (Å²) in [5, 5.41) is 2.92. The van der Waals surface area contributed by atoms with Gasteiger partial charge >= 0.3 is 41.3 Å². The molecule has 0 amide bonds. The predicted molar refractivity (Wildman–Crippen MR) is 95.7 cm³/mol. The quantitative estimate of drug-likeness (QED) is 0.574. The maximum atomic E-state index is 2.39. The zero-order valence-corrected chi connectivity index (χ0v) is 18.8. The van der Waals surface area contributed by atoms with E-state index < -0.39 is 0 Å². The summed E-state index contributed by atoms with van der Waals surface area (Å²) >= 11 is 1.55. The van der Waals surface area contributed by atoms with Gasteiger partial charge in [0.05, 0.1) is 0 Å². The molecule has 0 N–H and O–H groups in total. The molecule has 0 nitrogen and oxygen atoms in total. The molecule has 0 radical (unpaired) electrons.